The highest BCUT2D eigenvalue weighted by atomic mass is 15.3. The second-order valence-corrected chi connectivity index (χ2v) is 16.3. The molecule has 0 N–H and O–H groups in total. The molecule has 52 heavy (non-hydrogen) atoms. The van der Waals surface area contributed by atoms with Gasteiger partial charge in [0.05, 0.1) is 0 Å². The van der Waals surface area contributed by atoms with E-state index in [1.165, 1.54) is 165 Å². The normalized spacial score (nSPS) is 19.4. The van der Waals surface area contributed by atoms with E-state index in [0.29, 0.717) is 0 Å². The number of aromatic nitrogens is 2. The summed E-state index contributed by atoms with van der Waals surface area (Å²) in [5.74, 6) is 4.77. The summed E-state index contributed by atoms with van der Waals surface area (Å²) in [5, 5.41) is 16.3. The number of rotatable bonds is 4. The Morgan fingerprint density at radius 1 is 0.327 bits per heavy atom. The molecule has 0 spiro atoms. The monoisotopic (exact) mass is 686 g/mol. The Morgan fingerprint density at radius 3 is 1.50 bits per heavy atom. The van der Waals surface area contributed by atoms with Gasteiger partial charge in [-0.15, -0.1) is 0 Å². The van der Waals surface area contributed by atoms with Crippen molar-refractivity contribution in [2.45, 2.75) is 77.0 Å². The molecule has 4 aliphatic rings. The van der Waals surface area contributed by atoms with Gasteiger partial charge in [-0.25, -0.2) is 9.97 Å². The van der Waals surface area contributed by atoms with E-state index in [2.05, 4.69) is 80.3 Å². The number of pyridine rings is 2. The van der Waals surface area contributed by atoms with E-state index >= 15 is 0 Å². The van der Waals surface area contributed by atoms with Gasteiger partial charge in [0.2, 0.25) is 0 Å². The summed E-state index contributed by atoms with van der Waals surface area (Å²) < 4.78 is 0. The Kier molecular flexibility index (Phi) is 7.47. The first-order valence-electron chi connectivity index (χ1n) is 20.6. The molecule has 4 aliphatic heterocycles. The van der Waals surface area contributed by atoms with Gasteiger partial charge in [0.25, 0.3) is 0 Å². The lowest BCUT2D eigenvalue weighted by Crippen LogP contribution is -2.33. The average Bonchev–Trinajstić information content (AvgIpc) is 3.22. The maximum absolute atomic E-state index is 5.78. The van der Waals surface area contributed by atoms with E-state index < -0.39 is 0 Å². The largest absolute Gasteiger partial charge is 0.357 e. The predicted octanol–water partition coefficient (Wildman–Crippen LogP) is 10.8. The van der Waals surface area contributed by atoms with Gasteiger partial charge in [-0.1, -0.05) is 42.5 Å². The van der Waals surface area contributed by atoms with E-state index in [9.17, 15) is 0 Å². The van der Waals surface area contributed by atoms with Gasteiger partial charge < -0.3 is 19.6 Å². The van der Waals surface area contributed by atoms with Crippen LogP contribution in [0.2, 0.25) is 0 Å². The van der Waals surface area contributed by atoms with Crippen molar-refractivity contribution >= 4 is 87.9 Å². The zero-order valence-electron chi connectivity index (χ0n) is 30.6. The summed E-state index contributed by atoms with van der Waals surface area (Å²) in [6, 6.07) is 23.8. The molecule has 0 bridgehead atoms. The third-order valence-corrected chi connectivity index (χ3v) is 13.1. The molecule has 5 aromatic carbocycles. The van der Waals surface area contributed by atoms with E-state index in [4.69, 9.17) is 9.97 Å². The third kappa shape index (κ3) is 4.82. The summed E-state index contributed by atoms with van der Waals surface area (Å²) in [7, 11) is 0. The molecule has 4 saturated heterocycles. The minimum Gasteiger partial charge on any atom is -0.357 e. The Hall–Kier alpha value is -4.58. The lowest BCUT2D eigenvalue weighted by atomic mass is 9.85. The zero-order valence-corrected chi connectivity index (χ0v) is 30.6. The minimum absolute atomic E-state index is 1.08. The summed E-state index contributed by atoms with van der Waals surface area (Å²) in [4.78, 5) is 21.9. The van der Waals surface area contributed by atoms with E-state index in [1.54, 1.807) is 0 Å². The van der Waals surface area contributed by atoms with Gasteiger partial charge in [0.15, 0.2) is 0 Å². The molecule has 6 nitrogen and oxygen atoms in total. The van der Waals surface area contributed by atoms with Crippen LogP contribution in [0.1, 0.15) is 77.0 Å². The van der Waals surface area contributed by atoms with Gasteiger partial charge in [-0.2, -0.15) is 0 Å². The van der Waals surface area contributed by atoms with Crippen molar-refractivity contribution in [2.75, 3.05) is 72.0 Å². The Morgan fingerprint density at radius 2 is 0.827 bits per heavy atom. The van der Waals surface area contributed by atoms with Crippen LogP contribution in [0.5, 0.6) is 0 Å². The number of hydrogen-bond donors (Lipinski definition) is 0. The fourth-order valence-electron chi connectivity index (χ4n) is 10.5. The van der Waals surface area contributed by atoms with Gasteiger partial charge in [-0.3, -0.25) is 0 Å². The lowest BCUT2D eigenvalue weighted by molar-refractivity contribution is 0.566. The van der Waals surface area contributed by atoms with Crippen LogP contribution < -0.4 is 19.6 Å². The number of fused-ring (bicyclic) bond motifs is 6. The number of hydrogen-bond acceptors (Lipinski definition) is 6. The fraction of sp³-hybridized carbons (Fsp3) is 0.435. The first-order valence-corrected chi connectivity index (χ1v) is 20.6. The Labute approximate surface area is 306 Å². The fourth-order valence-corrected chi connectivity index (χ4v) is 10.5. The SMILES string of the molecule is c1ccc2c(c1)cc1c3c(N4CCCCC4)nc(N4CCCCC4)c4cccc(c43)c3c4cc(N5CCCCC5)nc(N5CCCCC5)c4cc2c13. The van der Waals surface area contributed by atoms with Crippen LogP contribution in [0, 0.1) is 0 Å². The summed E-state index contributed by atoms with van der Waals surface area (Å²) in [6.45, 7) is 8.71. The Balaban J connectivity index is 1.34. The molecular formula is C46H50N6. The van der Waals surface area contributed by atoms with Crippen LogP contribution in [0.25, 0.3) is 64.6 Å². The molecule has 0 aliphatic carbocycles. The molecule has 6 heteroatoms. The van der Waals surface area contributed by atoms with Crippen LogP contribution >= 0.6 is 0 Å². The molecule has 7 aromatic rings. The van der Waals surface area contributed by atoms with Crippen molar-refractivity contribution in [2.24, 2.45) is 0 Å². The van der Waals surface area contributed by atoms with Crippen molar-refractivity contribution < 1.29 is 0 Å². The van der Waals surface area contributed by atoms with Crippen LogP contribution in [-0.4, -0.2) is 62.3 Å². The van der Waals surface area contributed by atoms with E-state index in [0.717, 1.165) is 52.4 Å². The smallest absolute Gasteiger partial charge is 0.139 e. The van der Waals surface area contributed by atoms with Gasteiger partial charge in [0, 0.05) is 73.9 Å². The van der Waals surface area contributed by atoms with Crippen molar-refractivity contribution in [1.29, 1.82) is 0 Å². The first kappa shape index (κ1) is 31.0. The van der Waals surface area contributed by atoms with Crippen LogP contribution in [0.15, 0.2) is 60.7 Å². The molecule has 264 valence electrons. The molecule has 0 amide bonds. The number of nitrogens with zero attached hydrogens (tertiary/aromatic N) is 6. The number of benzene rings is 5. The third-order valence-electron chi connectivity index (χ3n) is 13.1. The van der Waals surface area contributed by atoms with Crippen molar-refractivity contribution in [1.82, 2.24) is 9.97 Å². The van der Waals surface area contributed by atoms with E-state index in [-0.39, 0.29) is 0 Å². The highest BCUT2D eigenvalue weighted by Crippen LogP contribution is 2.51. The molecule has 6 heterocycles. The van der Waals surface area contributed by atoms with Gasteiger partial charge >= 0.3 is 0 Å². The lowest BCUT2D eigenvalue weighted by Gasteiger charge is -2.34. The number of anilines is 4. The number of piperidine rings is 4. The molecule has 0 saturated carbocycles. The highest BCUT2D eigenvalue weighted by molar-refractivity contribution is 6.43. The average molecular weight is 687 g/mol. The minimum atomic E-state index is 1.08. The molecule has 2 aromatic heterocycles. The molecule has 4 fully saturated rings. The van der Waals surface area contributed by atoms with E-state index in [1.807, 2.05) is 0 Å². The summed E-state index contributed by atoms with van der Waals surface area (Å²) >= 11 is 0. The molecule has 11 rings (SSSR count). The van der Waals surface area contributed by atoms with Gasteiger partial charge in [0.1, 0.15) is 23.3 Å². The summed E-state index contributed by atoms with van der Waals surface area (Å²) in [5.41, 5.74) is 0. The maximum Gasteiger partial charge on any atom is 0.139 e. The van der Waals surface area contributed by atoms with Crippen molar-refractivity contribution in [3.63, 3.8) is 0 Å². The quantitative estimate of drug-likeness (QED) is 0.136. The van der Waals surface area contributed by atoms with Crippen LogP contribution in [-0.2, 0) is 0 Å². The predicted molar refractivity (Wildman–Crippen MR) is 223 cm³/mol. The molecule has 0 atom stereocenters. The van der Waals surface area contributed by atoms with Crippen molar-refractivity contribution in [3.8, 4) is 0 Å². The second kappa shape index (κ2) is 12.5. The Bertz CT molecular complexity index is 2460. The summed E-state index contributed by atoms with van der Waals surface area (Å²) in [6.07, 6.45) is 15.2. The maximum atomic E-state index is 5.78. The van der Waals surface area contributed by atoms with Crippen LogP contribution in [0.4, 0.5) is 23.3 Å². The second-order valence-electron chi connectivity index (χ2n) is 16.3. The standard InChI is InChI=1S/C46H50N6/c1-7-20-49(21-8-1)39-30-36-37(45(47-39)51-24-11-3-12-25-51)29-35-32-17-6-5-16-31(32)28-38-42(35)41(36)33-18-15-19-34-40(33)43(38)46(52-26-13-4-14-27-52)48-44(34)50-22-9-2-10-23-50/h5-6,15-19,28-30H,1-4,7-14,20-27H2. The highest BCUT2D eigenvalue weighted by Gasteiger charge is 2.29. The molecular weight excluding hydrogens is 637 g/mol. The van der Waals surface area contributed by atoms with Crippen LogP contribution in [0.3, 0.4) is 0 Å². The van der Waals surface area contributed by atoms with Gasteiger partial charge in [-0.05, 0) is 138 Å². The zero-order chi connectivity index (χ0) is 34.2. The topological polar surface area (TPSA) is 38.7 Å². The first-order chi connectivity index (χ1) is 25.8. The van der Waals surface area contributed by atoms with Crippen molar-refractivity contribution in [3.05, 3.63) is 60.7 Å². The molecule has 0 unspecified atom stereocenters. The molecule has 0 radical (unpaired) electrons.